The van der Waals surface area contributed by atoms with E-state index in [0.29, 0.717) is 6.04 Å². The summed E-state index contributed by atoms with van der Waals surface area (Å²) in [6.45, 7) is 4.16. The van der Waals surface area contributed by atoms with Crippen molar-refractivity contribution in [3.63, 3.8) is 0 Å². The highest BCUT2D eigenvalue weighted by molar-refractivity contribution is 5.45. The first-order valence-corrected chi connectivity index (χ1v) is 5.81. The third kappa shape index (κ3) is 3.20. The van der Waals surface area contributed by atoms with Gasteiger partial charge in [0.2, 0.25) is 0 Å². The number of hydrogen-bond donors (Lipinski definition) is 2. The van der Waals surface area contributed by atoms with E-state index >= 15 is 0 Å². The van der Waals surface area contributed by atoms with Gasteiger partial charge >= 0.3 is 0 Å². The number of nitrogens with zero attached hydrogens (tertiary/aromatic N) is 1. The lowest BCUT2D eigenvalue weighted by atomic mass is 10.2. The molecule has 1 aromatic heterocycles. The van der Waals surface area contributed by atoms with Crippen molar-refractivity contribution in [2.24, 2.45) is 0 Å². The number of anilines is 1. The highest BCUT2D eigenvalue weighted by Gasteiger charge is 2.22. The minimum Gasteiger partial charge on any atom is -0.367 e. The van der Waals surface area contributed by atoms with Crippen LogP contribution in [0.4, 0.5) is 5.82 Å². The lowest BCUT2D eigenvalue weighted by Crippen LogP contribution is -2.16. The number of hydrogen-bond acceptors (Lipinski definition) is 3. The smallest absolute Gasteiger partial charge is 0.130 e. The fourth-order valence-electron chi connectivity index (χ4n) is 1.53. The molecule has 15 heavy (non-hydrogen) atoms. The van der Waals surface area contributed by atoms with Crippen LogP contribution in [0.25, 0.3) is 0 Å². The van der Waals surface area contributed by atoms with Gasteiger partial charge in [-0.3, -0.25) is 0 Å². The third-order valence-corrected chi connectivity index (χ3v) is 2.55. The molecule has 0 aromatic carbocycles. The molecule has 1 heterocycles. The van der Waals surface area contributed by atoms with Crippen LogP contribution in [0.2, 0.25) is 0 Å². The largest absolute Gasteiger partial charge is 0.367 e. The molecule has 3 nitrogen and oxygen atoms in total. The Balaban J connectivity index is 1.93. The number of pyridine rings is 1. The van der Waals surface area contributed by atoms with Crippen LogP contribution >= 0.6 is 0 Å². The fraction of sp³-hybridized carbons (Fsp3) is 0.583. The predicted molar refractivity (Wildman–Crippen MR) is 62.9 cm³/mol. The van der Waals surface area contributed by atoms with Gasteiger partial charge in [-0.05, 0) is 31.9 Å². The van der Waals surface area contributed by atoms with Crippen LogP contribution in [-0.2, 0) is 6.54 Å². The Bertz CT molecular complexity index is 307. The molecule has 1 saturated carbocycles. The maximum absolute atomic E-state index is 4.39. The number of nitrogens with one attached hydrogen (secondary N) is 2. The van der Waals surface area contributed by atoms with Crippen LogP contribution in [0.5, 0.6) is 0 Å². The molecule has 0 amide bonds. The number of aromatic nitrogens is 1. The lowest BCUT2D eigenvalue weighted by molar-refractivity contribution is 0.674. The van der Waals surface area contributed by atoms with Crippen LogP contribution in [0.1, 0.15) is 31.7 Å². The van der Waals surface area contributed by atoms with E-state index in [0.717, 1.165) is 18.9 Å². The average Bonchev–Trinajstić information content (AvgIpc) is 3.05. The second-order valence-corrected chi connectivity index (χ2v) is 4.11. The monoisotopic (exact) mass is 205 g/mol. The van der Waals surface area contributed by atoms with E-state index < -0.39 is 0 Å². The van der Waals surface area contributed by atoms with Crippen molar-refractivity contribution in [3.05, 3.63) is 23.9 Å². The highest BCUT2D eigenvalue weighted by atomic mass is 15.0. The van der Waals surface area contributed by atoms with Gasteiger partial charge in [0.25, 0.3) is 0 Å². The minimum atomic E-state index is 0.671. The quantitative estimate of drug-likeness (QED) is 0.699. The van der Waals surface area contributed by atoms with Gasteiger partial charge in [-0.2, -0.15) is 0 Å². The molecule has 1 fully saturated rings. The van der Waals surface area contributed by atoms with Gasteiger partial charge in [-0.15, -0.1) is 0 Å². The lowest BCUT2D eigenvalue weighted by Gasteiger charge is -2.10. The Labute approximate surface area is 91.3 Å². The molecule has 0 atom stereocenters. The van der Waals surface area contributed by atoms with Gasteiger partial charge in [0.05, 0.1) is 0 Å². The Morgan fingerprint density at radius 1 is 1.47 bits per heavy atom. The summed E-state index contributed by atoms with van der Waals surface area (Å²) in [5.74, 6) is 1.06. The summed E-state index contributed by atoms with van der Waals surface area (Å²) in [5, 5.41) is 6.87. The summed E-state index contributed by atoms with van der Waals surface area (Å²) in [6, 6.07) is 4.81. The van der Waals surface area contributed by atoms with E-state index in [1.807, 2.05) is 12.3 Å². The Hall–Kier alpha value is -1.09. The topological polar surface area (TPSA) is 37.0 Å². The third-order valence-electron chi connectivity index (χ3n) is 2.55. The molecule has 0 spiro atoms. The summed E-state index contributed by atoms with van der Waals surface area (Å²) in [4.78, 5) is 4.39. The first-order valence-electron chi connectivity index (χ1n) is 5.81. The van der Waals surface area contributed by atoms with E-state index in [1.165, 1.54) is 24.8 Å². The molecular formula is C12H19N3. The molecule has 0 bridgehead atoms. The molecule has 0 saturated heterocycles. The van der Waals surface area contributed by atoms with Crippen molar-refractivity contribution in [1.82, 2.24) is 10.3 Å². The molecule has 1 aromatic rings. The molecule has 1 aliphatic carbocycles. The van der Waals surface area contributed by atoms with E-state index in [9.17, 15) is 0 Å². The standard InChI is InChI=1S/C12H19N3/c1-2-7-13-9-10-4-3-8-14-12(10)15-11-5-6-11/h3-4,8,11,13H,2,5-7,9H2,1H3,(H,14,15). The molecule has 0 aliphatic heterocycles. The van der Waals surface area contributed by atoms with Crippen molar-refractivity contribution in [2.75, 3.05) is 11.9 Å². The Morgan fingerprint density at radius 3 is 3.07 bits per heavy atom. The average molecular weight is 205 g/mol. The van der Waals surface area contributed by atoms with Crippen molar-refractivity contribution in [2.45, 2.75) is 38.8 Å². The van der Waals surface area contributed by atoms with Crippen LogP contribution < -0.4 is 10.6 Å². The van der Waals surface area contributed by atoms with Crippen molar-refractivity contribution >= 4 is 5.82 Å². The van der Waals surface area contributed by atoms with Crippen molar-refractivity contribution in [3.8, 4) is 0 Å². The van der Waals surface area contributed by atoms with Gasteiger partial charge < -0.3 is 10.6 Å². The van der Waals surface area contributed by atoms with E-state index in [4.69, 9.17) is 0 Å². The summed E-state index contributed by atoms with van der Waals surface area (Å²) in [5.41, 5.74) is 1.28. The Kier molecular flexibility index (Phi) is 3.56. The Morgan fingerprint density at radius 2 is 2.33 bits per heavy atom. The van der Waals surface area contributed by atoms with E-state index in [2.05, 4.69) is 28.6 Å². The fourth-order valence-corrected chi connectivity index (χ4v) is 1.53. The van der Waals surface area contributed by atoms with Gasteiger partial charge in [-0.25, -0.2) is 4.98 Å². The van der Waals surface area contributed by atoms with Gasteiger partial charge in [0.15, 0.2) is 0 Å². The maximum atomic E-state index is 4.39. The molecule has 82 valence electrons. The summed E-state index contributed by atoms with van der Waals surface area (Å²) >= 11 is 0. The zero-order chi connectivity index (χ0) is 10.5. The summed E-state index contributed by atoms with van der Waals surface area (Å²) in [7, 11) is 0. The predicted octanol–water partition coefficient (Wildman–Crippen LogP) is 2.16. The molecular weight excluding hydrogens is 186 g/mol. The zero-order valence-corrected chi connectivity index (χ0v) is 9.29. The van der Waals surface area contributed by atoms with Crippen LogP contribution in [-0.4, -0.2) is 17.6 Å². The molecule has 2 rings (SSSR count). The molecule has 2 N–H and O–H groups in total. The number of rotatable bonds is 6. The molecule has 3 heteroatoms. The van der Waals surface area contributed by atoms with Gasteiger partial charge in [0.1, 0.15) is 5.82 Å². The van der Waals surface area contributed by atoms with Crippen molar-refractivity contribution < 1.29 is 0 Å². The first kappa shape index (κ1) is 10.4. The van der Waals surface area contributed by atoms with Crippen LogP contribution in [0, 0.1) is 0 Å². The van der Waals surface area contributed by atoms with Crippen LogP contribution in [0.3, 0.4) is 0 Å². The SMILES string of the molecule is CCCNCc1cccnc1NC1CC1. The van der Waals surface area contributed by atoms with Gasteiger partial charge in [-0.1, -0.05) is 13.0 Å². The maximum Gasteiger partial charge on any atom is 0.130 e. The summed E-state index contributed by atoms with van der Waals surface area (Å²) in [6.07, 6.45) is 5.61. The van der Waals surface area contributed by atoms with Gasteiger partial charge in [0, 0.05) is 24.3 Å². The second kappa shape index (κ2) is 5.12. The second-order valence-electron chi connectivity index (χ2n) is 4.11. The van der Waals surface area contributed by atoms with E-state index in [-0.39, 0.29) is 0 Å². The summed E-state index contributed by atoms with van der Waals surface area (Å²) < 4.78 is 0. The van der Waals surface area contributed by atoms with E-state index in [1.54, 1.807) is 0 Å². The van der Waals surface area contributed by atoms with Crippen molar-refractivity contribution in [1.29, 1.82) is 0 Å². The van der Waals surface area contributed by atoms with Crippen LogP contribution in [0.15, 0.2) is 18.3 Å². The molecule has 0 radical (unpaired) electrons. The highest BCUT2D eigenvalue weighted by Crippen LogP contribution is 2.25. The molecule has 1 aliphatic rings. The zero-order valence-electron chi connectivity index (χ0n) is 9.29. The molecule has 0 unspecified atom stereocenters. The normalized spacial score (nSPS) is 15.3. The minimum absolute atomic E-state index is 0.671. The first-order chi connectivity index (χ1) is 7.40.